The van der Waals surface area contributed by atoms with E-state index in [0.717, 1.165) is 0 Å². The van der Waals surface area contributed by atoms with Crippen LogP contribution in [0.25, 0.3) is 0 Å². The molecule has 0 saturated heterocycles. The van der Waals surface area contributed by atoms with E-state index in [-0.39, 0.29) is 5.91 Å². The standard InChI is InChI=1S/C11H20N4O2/c1-4-15(6-7-17-5-2)11(16)10-9(12)8-13-14(10)3/h8H,4-7,12H2,1-3H3. The molecule has 0 aliphatic rings. The highest BCUT2D eigenvalue weighted by Gasteiger charge is 2.20. The Morgan fingerprint density at radius 3 is 2.76 bits per heavy atom. The summed E-state index contributed by atoms with van der Waals surface area (Å²) < 4.78 is 6.75. The Bertz CT molecular complexity index is 356. The molecule has 6 nitrogen and oxygen atoms in total. The monoisotopic (exact) mass is 240 g/mol. The highest BCUT2D eigenvalue weighted by atomic mass is 16.5. The highest BCUT2D eigenvalue weighted by molar-refractivity contribution is 5.97. The molecule has 0 fully saturated rings. The number of aromatic nitrogens is 2. The lowest BCUT2D eigenvalue weighted by atomic mass is 10.3. The van der Waals surface area contributed by atoms with Gasteiger partial charge in [-0.3, -0.25) is 9.48 Å². The number of amides is 1. The number of nitrogens with two attached hydrogens (primary N) is 1. The molecule has 0 atom stereocenters. The lowest BCUT2D eigenvalue weighted by Gasteiger charge is -2.20. The second kappa shape index (κ2) is 6.24. The zero-order valence-corrected chi connectivity index (χ0v) is 10.6. The smallest absolute Gasteiger partial charge is 0.274 e. The van der Waals surface area contributed by atoms with Crippen molar-refractivity contribution in [3.05, 3.63) is 11.9 Å². The van der Waals surface area contributed by atoms with Gasteiger partial charge < -0.3 is 15.4 Å². The van der Waals surface area contributed by atoms with Gasteiger partial charge in [-0.15, -0.1) is 0 Å². The Kier molecular flexibility index (Phi) is 4.96. The van der Waals surface area contributed by atoms with Crippen LogP contribution in [-0.2, 0) is 11.8 Å². The van der Waals surface area contributed by atoms with E-state index in [4.69, 9.17) is 10.5 Å². The first-order chi connectivity index (χ1) is 8.11. The summed E-state index contributed by atoms with van der Waals surface area (Å²) in [6.07, 6.45) is 1.49. The van der Waals surface area contributed by atoms with Crippen molar-refractivity contribution >= 4 is 11.6 Å². The van der Waals surface area contributed by atoms with Crippen molar-refractivity contribution in [3.8, 4) is 0 Å². The van der Waals surface area contributed by atoms with E-state index in [2.05, 4.69) is 5.10 Å². The van der Waals surface area contributed by atoms with Crippen molar-refractivity contribution in [2.45, 2.75) is 13.8 Å². The van der Waals surface area contributed by atoms with Crippen LogP contribution in [0.15, 0.2) is 6.20 Å². The van der Waals surface area contributed by atoms with Crippen molar-refractivity contribution in [1.29, 1.82) is 0 Å². The quantitative estimate of drug-likeness (QED) is 0.735. The molecule has 1 aromatic heterocycles. The number of rotatable bonds is 6. The molecule has 6 heteroatoms. The first-order valence-corrected chi connectivity index (χ1v) is 5.76. The van der Waals surface area contributed by atoms with E-state index >= 15 is 0 Å². The third-order valence-electron chi connectivity index (χ3n) is 2.55. The number of ether oxygens (including phenoxy) is 1. The number of anilines is 1. The van der Waals surface area contributed by atoms with Crippen LogP contribution in [0.2, 0.25) is 0 Å². The normalized spacial score (nSPS) is 10.5. The first-order valence-electron chi connectivity index (χ1n) is 5.76. The number of likely N-dealkylation sites (N-methyl/N-ethyl adjacent to an activating group) is 1. The van der Waals surface area contributed by atoms with Gasteiger partial charge in [-0.05, 0) is 13.8 Å². The van der Waals surface area contributed by atoms with Crippen LogP contribution in [0.4, 0.5) is 5.69 Å². The van der Waals surface area contributed by atoms with E-state index in [1.807, 2.05) is 13.8 Å². The summed E-state index contributed by atoms with van der Waals surface area (Å²) in [7, 11) is 1.71. The molecule has 0 aliphatic heterocycles. The number of hydrogen-bond donors (Lipinski definition) is 1. The van der Waals surface area contributed by atoms with E-state index in [1.165, 1.54) is 10.9 Å². The molecular formula is C11H20N4O2. The number of hydrogen-bond acceptors (Lipinski definition) is 4. The molecule has 0 spiro atoms. The van der Waals surface area contributed by atoms with Gasteiger partial charge in [-0.25, -0.2) is 0 Å². The molecule has 0 saturated carbocycles. The van der Waals surface area contributed by atoms with E-state index in [1.54, 1.807) is 11.9 Å². The molecule has 1 heterocycles. The van der Waals surface area contributed by atoms with Gasteiger partial charge in [0.25, 0.3) is 5.91 Å². The van der Waals surface area contributed by atoms with Crippen molar-refractivity contribution in [2.75, 3.05) is 32.0 Å². The van der Waals surface area contributed by atoms with Gasteiger partial charge in [0, 0.05) is 26.7 Å². The fourth-order valence-electron chi connectivity index (χ4n) is 1.59. The number of carbonyl (C=O) groups excluding carboxylic acids is 1. The van der Waals surface area contributed by atoms with E-state index in [9.17, 15) is 4.79 Å². The van der Waals surface area contributed by atoms with Crippen LogP contribution in [0.1, 0.15) is 24.3 Å². The third-order valence-corrected chi connectivity index (χ3v) is 2.55. The summed E-state index contributed by atoms with van der Waals surface area (Å²) >= 11 is 0. The minimum absolute atomic E-state index is 0.107. The molecule has 17 heavy (non-hydrogen) atoms. The van der Waals surface area contributed by atoms with E-state index in [0.29, 0.717) is 37.7 Å². The Labute approximate surface area is 101 Å². The molecule has 0 aromatic carbocycles. The summed E-state index contributed by atoms with van der Waals surface area (Å²) in [5, 5.41) is 3.96. The number of nitrogens with zero attached hydrogens (tertiary/aromatic N) is 3. The predicted octanol–water partition coefficient (Wildman–Crippen LogP) is 0.501. The van der Waals surface area contributed by atoms with Gasteiger partial charge in [0.2, 0.25) is 0 Å². The molecule has 1 amide bonds. The fourth-order valence-corrected chi connectivity index (χ4v) is 1.59. The number of aryl methyl sites for hydroxylation is 1. The summed E-state index contributed by atoms with van der Waals surface area (Å²) in [4.78, 5) is 13.9. The largest absolute Gasteiger partial charge is 0.396 e. The van der Waals surface area contributed by atoms with Gasteiger partial charge in [-0.1, -0.05) is 0 Å². The van der Waals surface area contributed by atoms with Crippen LogP contribution in [0.5, 0.6) is 0 Å². The van der Waals surface area contributed by atoms with Crippen molar-refractivity contribution in [2.24, 2.45) is 7.05 Å². The van der Waals surface area contributed by atoms with Gasteiger partial charge in [0.15, 0.2) is 0 Å². The lowest BCUT2D eigenvalue weighted by Crippen LogP contribution is -2.35. The lowest BCUT2D eigenvalue weighted by molar-refractivity contribution is 0.0660. The van der Waals surface area contributed by atoms with Crippen LogP contribution < -0.4 is 5.73 Å². The Morgan fingerprint density at radius 2 is 2.29 bits per heavy atom. The predicted molar refractivity (Wildman–Crippen MR) is 65.7 cm³/mol. The average molecular weight is 240 g/mol. The second-order valence-corrected chi connectivity index (χ2v) is 3.65. The van der Waals surface area contributed by atoms with Gasteiger partial charge in [0.05, 0.1) is 18.5 Å². The van der Waals surface area contributed by atoms with Gasteiger partial charge in [-0.2, -0.15) is 5.10 Å². The molecule has 1 rings (SSSR count). The SMILES string of the molecule is CCOCCN(CC)C(=O)c1c(N)cnn1C. The summed E-state index contributed by atoms with van der Waals surface area (Å²) in [5.41, 5.74) is 6.57. The maximum absolute atomic E-state index is 12.2. The van der Waals surface area contributed by atoms with Crippen LogP contribution in [0, 0.1) is 0 Å². The second-order valence-electron chi connectivity index (χ2n) is 3.65. The highest BCUT2D eigenvalue weighted by Crippen LogP contribution is 2.12. The minimum atomic E-state index is -0.107. The topological polar surface area (TPSA) is 73.4 Å². The zero-order valence-electron chi connectivity index (χ0n) is 10.6. The maximum atomic E-state index is 12.2. The summed E-state index contributed by atoms with van der Waals surface area (Å²) in [6, 6.07) is 0. The number of carbonyl (C=O) groups is 1. The van der Waals surface area contributed by atoms with Crippen molar-refractivity contribution < 1.29 is 9.53 Å². The zero-order chi connectivity index (χ0) is 12.8. The van der Waals surface area contributed by atoms with Crippen molar-refractivity contribution in [3.63, 3.8) is 0 Å². The maximum Gasteiger partial charge on any atom is 0.274 e. The molecule has 1 aromatic rings. The molecule has 96 valence electrons. The summed E-state index contributed by atoms with van der Waals surface area (Å²) in [5.74, 6) is -0.107. The Hall–Kier alpha value is -1.56. The van der Waals surface area contributed by atoms with Crippen LogP contribution in [0.3, 0.4) is 0 Å². The first kappa shape index (κ1) is 13.5. The summed E-state index contributed by atoms with van der Waals surface area (Å²) in [6.45, 7) is 6.23. The van der Waals surface area contributed by atoms with Gasteiger partial charge >= 0.3 is 0 Å². The van der Waals surface area contributed by atoms with Crippen molar-refractivity contribution in [1.82, 2.24) is 14.7 Å². The van der Waals surface area contributed by atoms with Crippen LogP contribution in [-0.4, -0.2) is 46.9 Å². The number of nitrogen functional groups attached to an aromatic ring is 1. The minimum Gasteiger partial charge on any atom is -0.396 e. The Morgan fingerprint density at radius 1 is 1.59 bits per heavy atom. The van der Waals surface area contributed by atoms with Crippen LogP contribution >= 0.6 is 0 Å². The molecule has 0 radical (unpaired) electrons. The Balaban J connectivity index is 2.72. The molecule has 0 unspecified atom stereocenters. The molecule has 0 aliphatic carbocycles. The van der Waals surface area contributed by atoms with E-state index < -0.39 is 0 Å². The molecule has 0 bridgehead atoms. The van der Waals surface area contributed by atoms with Gasteiger partial charge in [0.1, 0.15) is 5.69 Å². The third kappa shape index (κ3) is 3.20. The molecule has 2 N–H and O–H groups in total. The molecular weight excluding hydrogens is 220 g/mol. The fraction of sp³-hybridized carbons (Fsp3) is 0.636. The average Bonchev–Trinajstić information content (AvgIpc) is 2.64.